The van der Waals surface area contributed by atoms with E-state index in [1.165, 1.54) is 36.8 Å². The van der Waals surface area contributed by atoms with Gasteiger partial charge in [-0.05, 0) is 73.4 Å². The highest BCUT2D eigenvalue weighted by Gasteiger charge is 2.21. The number of halogens is 1. The molecule has 0 aliphatic heterocycles. The van der Waals surface area contributed by atoms with Crippen LogP contribution in [-0.4, -0.2) is 28.5 Å². The van der Waals surface area contributed by atoms with Crippen LogP contribution in [0.15, 0.2) is 53.7 Å². The van der Waals surface area contributed by atoms with Gasteiger partial charge >= 0.3 is 5.97 Å². The van der Waals surface area contributed by atoms with Crippen molar-refractivity contribution < 1.29 is 20.1 Å². The Kier molecular flexibility index (Phi) is 10.7. The Bertz CT molecular complexity index is 1290. The van der Waals surface area contributed by atoms with Gasteiger partial charge in [0, 0.05) is 38.1 Å². The van der Waals surface area contributed by atoms with Crippen LogP contribution in [0.3, 0.4) is 0 Å². The molecule has 0 saturated heterocycles. The van der Waals surface area contributed by atoms with E-state index in [4.69, 9.17) is 5.73 Å². The number of hydrogen-bond donors (Lipinski definition) is 1. The molecule has 200 valence electrons. The van der Waals surface area contributed by atoms with Crippen molar-refractivity contribution >= 4 is 11.9 Å². The zero-order valence-electron chi connectivity index (χ0n) is 22.4. The number of aryl methyl sites for hydroxylation is 4. The SMILES string of the molecule is COC(=O)CCc1cncc(-c2c(C)cccc2C)c1.Cc1cc(=O)n(C(CC(C)C)C(N)=O)cc1F.[HH]. The third kappa shape index (κ3) is 8.37. The average molecular weight is 512 g/mol. The molecule has 0 bridgehead atoms. The molecule has 2 heterocycles. The topological polar surface area (TPSA) is 104 Å². The first-order chi connectivity index (χ1) is 17.4. The molecule has 1 amide bonds. The summed E-state index contributed by atoms with van der Waals surface area (Å²) in [6, 6.07) is 8.74. The molecule has 0 aliphatic rings. The second kappa shape index (κ2) is 13.5. The number of benzene rings is 1. The Labute approximate surface area is 219 Å². The minimum absolute atomic E-state index is 0. The summed E-state index contributed by atoms with van der Waals surface area (Å²) in [6.45, 7) is 9.52. The normalized spacial score (nSPS) is 11.5. The third-order valence-electron chi connectivity index (χ3n) is 5.99. The summed E-state index contributed by atoms with van der Waals surface area (Å²) in [5.41, 5.74) is 10.9. The number of rotatable bonds is 8. The molecule has 37 heavy (non-hydrogen) atoms. The van der Waals surface area contributed by atoms with Gasteiger partial charge in [0.05, 0.1) is 7.11 Å². The van der Waals surface area contributed by atoms with Crippen molar-refractivity contribution in [3.05, 3.63) is 87.3 Å². The average Bonchev–Trinajstić information content (AvgIpc) is 2.84. The zero-order valence-corrected chi connectivity index (χ0v) is 22.4. The van der Waals surface area contributed by atoms with Crippen LogP contribution < -0.4 is 11.3 Å². The van der Waals surface area contributed by atoms with Gasteiger partial charge in [0.25, 0.3) is 5.56 Å². The fraction of sp³-hybridized carbons (Fsp3) is 0.379. The molecule has 7 nitrogen and oxygen atoms in total. The molecule has 2 aromatic heterocycles. The summed E-state index contributed by atoms with van der Waals surface area (Å²) in [5, 5.41) is 0. The first kappa shape index (κ1) is 29.4. The minimum Gasteiger partial charge on any atom is -0.469 e. The van der Waals surface area contributed by atoms with Gasteiger partial charge in [-0.15, -0.1) is 0 Å². The highest BCUT2D eigenvalue weighted by atomic mass is 19.1. The molecule has 2 N–H and O–H groups in total. The van der Waals surface area contributed by atoms with Crippen molar-refractivity contribution in [3.8, 4) is 11.1 Å². The van der Waals surface area contributed by atoms with E-state index in [2.05, 4.69) is 47.8 Å². The van der Waals surface area contributed by atoms with Crippen molar-refractivity contribution in [2.24, 2.45) is 11.7 Å². The summed E-state index contributed by atoms with van der Waals surface area (Å²) in [7, 11) is 1.41. The molecule has 1 atom stereocenters. The molecule has 0 saturated carbocycles. The van der Waals surface area contributed by atoms with Crippen molar-refractivity contribution in [1.82, 2.24) is 9.55 Å². The van der Waals surface area contributed by atoms with Crippen molar-refractivity contribution in [2.45, 2.75) is 59.9 Å². The molecule has 3 aromatic rings. The number of hydrogen-bond acceptors (Lipinski definition) is 5. The van der Waals surface area contributed by atoms with E-state index < -0.39 is 23.3 Å². The van der Waals surface area contributed by atoms with E-state index in [0.29, 0.717) is 19.3 Å². The van der Waals surface area contributed by atoms with Crippen molar-refractivity contribution in [3.63, 3.8) is 0 Å². The maximum Gasteiger partial charge on any atom is 0.305 e. The Morgan fingerprint density at radius 1 is 1.11 bits per heavy atom. The summed E-state index contributed by atoms with van der Waals surface area (Å²) in [6.07, 6.45) is 6.18. The fourth-order valence-electron chi connectivity index (χ4n) is 4.05. The molecule has 1 unspecified atom stereocenters. The lowest BCUT2D eigenvalue weighted by Crippen LogP contribution is -2.34. The monoisotopic (exact) mass is 511 g/mol. The van der Waals surface area contributed by atoms with Crippen LogP contribution in [0.2, 0.25) is 0 Å². The number of pyridine rings is 2. The fourth-order valence-corrected chi connectivity index (χ4v) is 4.05. The van der Waals surface area contributed by atoms with Gasteiger partial charge in [0.1, 0.15) is 11.9 Å². The molecule has 0 radical (unpaired) electrons. The minimum atomic E-state index is -0.794. The molecular formula is C29H38FN3O4. The number of nitrogens with zero attached hydrogens (tertiary/aromatic N) is 2. The number of amides is 1. The highest BCUT2D eigenvalue weighted by Crippen LogP contribution is 2.27. The Hall–Kier alpha value is -3.81. The Balaban J connectivity index is 0.000000375. The number of carbonyl (C=O) groups is 2. The predicted molar refractivity (Wildman–Crippen MR) is 145 cm³/mol. The zero-order chi connectivity index (χ0) is 27.7. The van der Waals surface area contributed by atoms with Crippen LogP contribution in [0.5, 0.6) is 0 Å². The smallest absolute Gasteiger partial charge is 0.305 e. The van der Waals surface area contributed by atoms with Crippen molar-refractivity contribution in [1.29, 1.82) is 0 Å². The second-order valence-corrected chi connectivity index (χ2v) is 9.52. The van der Waals surface area contributed by atoms with Gasteiger partial charge in [0.2, 0.25) is 5.91 Å². The van der Waals surface area contributed by atoms with Gasteiger partial charge in [-0.1, -0.05) is 32.0 Å². The van der Waals surface area contributed by atoms with E-state index in [9.17, 15) is 18.8 Å². The highest BCUT2D eigenvalue weighted by molar-refractivity contribution is 5.78. The predicted octanol–water partition coefficient (Wildman–Crippen LogP) is 5.09. The van der Waals surface area contributed by atoms with E-state index in [1.807, 2.05) is 20.0 Å². The van der Waals surface area contributed by atoms with Gasteiger partial charge in [-0.3, -0.25) is 19.4 Å². The van der Waals surface area contributed by atoms with Crippen LogP contribution in [0, 0.1) is 32.5 Å². The van der Waals surface area contributed by atoms with Crippen LogP contribution in [0.4, 0.5) is 4.39 Å². The Morgan fingerprint density at radius 3 is 2.32 bits per heavy atom. The molecule has 0 spiro atoms. The first-order valence-electron chi connectivity index (χ1n) is 12.2. The first-order valence-corrected chi connectivity index (χ1v) is 12.2. The van der Waals surface area contributed by atoms with Crippen LogP contribution >= 0.6 is 0 Å². The van der Waals surface area contributed by atoms with E-state index >= 15 is 0 Å². The molecule has 0 fully saturated rings. The third-order valence-corrected chi connectivity index (χ3v) is 5.99. The molecule has 0 aliphatic carbocycles. The van der Waals surface area contributed by atoms with E-state index in [-0.39, 0.29) is 18.9 Å². The summed E-state index contributed by atoms with van der Waals surface area (Å²) < 4.78 is 19.1. The van der Waals surface area contributed by atoms with Gasteiger partial charge in [-0.25, -0.2) is 4.39 Å². The number of methoxy groups -OCH3 is 1. The summed E-state index contributed by atoms with van der Waals surface area (Å²) in [4.78, 5) is 38.5. The number of ether oxygens (including phenoxy) is 1. The number of aromatic nitrogens is 2. The second-order valence-electron chi connectivity index (χ2n) is 9.52. The quantitative estimate of drug-likeness (QED) is 0.425. The summed E-state index contributed by atoms with van der Waals surface area (Å²) in [5.74, 6) is -1.14. The number of nitrogens with two attached hydrogens (primary N) is 1. The van der Waals surface area contributed by atoms with Crippen molar-refractivity contribution in [2.75, 3.05) is 7.11 Å². The Morgan fingerprint density at radius 2 is 1.76 bits per heavy atom. The molecule has 3 rings (SSSR count). The van der Waals surface area contributed by atoms with E-state index in [1.54, 1.807) is 6.20 Å². The van der Waals surface area contributed by atoms with Gasteiger partial charge < -0.3 is 15.0 Å². The maximum absolute atomic E-state index is 13.4. The largest absolute Gasteiger partial charge is 0.469 e. The maximum atomic E-state index is 13.4. The van der Waals surface area contributed by atoms with Crippen LogP contribution in [0.1, 0.15) is 56.4 Å². The van der Waals surface area contributed by atoms with Gasteiger partial charge in [0.15, 0.2) is 0 Å². The number of carbonyl (C=O) groups excluding carboxylic acids is 2. The molecular weight excluding hydrogens is 473 g/mol. The summed E-state index contributed by atoms with van der Waals surface area (Å²) >= 11 is 0. The molecule has 1 aromatic carbocycles. The lowest BCUT2D eigenvalue weighted by atomic mass is 9.96. The standard InChI is InChI=1S/C17H19NO2.C12H17FN2O2.H2/c1-12-5-4-6-13(2)17(12)15-9-14(10-18-11-15)7-8-16(19)20-3;1-7(2)4-10(12(14)17)15-6-9(13)8(3)5-11(15)16;/h4-6,9-11H,7-8H2,1-3H3;5-7,10H,4H2,1-3H3,(H2,14,17);1H. The van der Waals surface area contributed by atoms with Crippen LogP contribution in [-0.2, 0) is 20.7 Å². The lowest BCUT2D eigenvalue weighted by molar-refractivity contribution is -0.140. The number of esters is 1. The number of primary amides is 1. The molecule has 8 heteroatoms. The lowest BCUT2D eigenvalue weighted by Gasteiger charge is -2.18. The van der Waals surface area contributed by atoms with Crippen LogP contribution in [0.25, 0.3) is 11.1 Å². The van der Waals surface area contributed by atoms with E-state index in [0.717, 1.165) is 21.9 Å². The van der Waals surface area contributed by atoms with Gasteiger partial charge in [-0.2, -0.15) is 0 Å².